The first-order valence-corrected chi connectivity index (χ1v) is 5.78. The smallest absolute Gasteiger partial charge is 0.737 e. The van der Waals surface area contributed by atoms with Gasteiger partial charge >= 0.3 is 27.7 Å². The molecule has 0 aliphatic heterocycles. The largest absolute Gasteiger partial charge is 1.00 e. The number of hydrogen-bond donors (Lipinski definition) is 1. The maximum atomic E-state index is 4.96. The Morgan fingerprint density at radius 3 is 2.05 bits per heavy atom. The van der Waals surface area contributed by atoms with Gasteiger partial charge in [-0.25, -0.2) is 0 Å². The number of hydrazone groups is 1. The van der Waals surface area contributed by atoms with Gasteiger partial charge in [0.25, 0.3) is 0 Å². The number of nitrogens with one attached hydrogen (secondary N) is 1. The zero-order valence-corrected chi connectivity index (χ0v) is 16.5. The van der Waals surface area contributed by atoms with Crippen molar-refractivity contribution in [1.29, 1.82) is 0 Å². The summed E-state index contributed by atoms with van der Waals surface area (Å²) in [6.45, 7) is 0. The molecule has 0 aliphatic rings. The van der Waals surface area contributed by atoms with Gasteiger partial charge in [-0.15, -0.1) is 0 Å². The van der Waals surface area contributed by atoms with Gasteiger partial charge in [0.05, 0.1) is 16.5 Å². The number of benzene rings is 2. The predicted molar refractivity (Wildman–Crippen MR) is 82.6 cm³/mol. The molecule has 0 atom stereocenters. The minimum atomic E-state index is 0. The summed E-state index contributed by atoms with van der Waals surface area (Å²) in [5.74, 6) is 0. The number of nitrogens with zero attached hydrogens (tertiary/aromatic N) is 3. The zero-order valence-electron chi connectivity index (χ0n) is 10.2. The van der Waals surface area contributed by atoms with Gasteiger partial charge in [-0.3, -0.25) is 5.43 Å². The van der Waals surface area contributed by atoms with E-state index in [9.17, 15) is 0 Å². The van der Waals surface area contributed by atoms with E-state index in [0.717, 1.165) is 11.4 Å². The number of amidine groups is 1. The van der Waals surface area contributed by atoms with Gasteiger partial charge in [0.1, 0.15) is 0 Å². The molecule has 1 N–H and O–H groups in total. The molecule has 0 aromatic heterocycles. The van der Waals surface area contributed by atoms with Crippen LogP contribution < -0.4 is 5.43 Å². The van der Waals surface area contributed by atoms with Crippen LogP contribution in [-0.2, 0) is 40.3 Å². The van der Waals surface area contributed by atoms with Crippen molar-refractivity contribution in [1.82, 2.24) is 0 Å². The van der Waals surface area contributed by atoms with E-state index in [-0.39, 0.29) is 40.3 Å². The van der Waals surface area contributed by atoms with E-state index < -0.39 is 0 Å². The third-order valence-electron chi connectivity index (χ3n) is 2.06. The number of rotatable bonds is 3. The molecule has 0 unspecified atom stereocenters. The average Bonchev–Trinajstić information content (AvgIpc) is 2.45. The van der Waals surface area contributed by atoms with Crippen LogP contribution in [0.1, 0.15) is 7.43 Å². The van der Waals surface area contributed by atoms with Crippen molar-refractivity contribution in [2.45, 2.75) is 7.43 Å². The number of para-hydroxylation sites is 1. The quantitative estimate of drug-likeness (QED) is 0.181. The molecule has 0 heterocycles. The Balaban J connectivity index is 0.00000180. The fourth-order valence-corrected chi connectivity index (χ4v) is 1.33. The second-order valence-electron chi connectivity index (χ2n) is 3.41. The molecule has 4 nitrogen and oxygen atoms in total. The van der Waals surface area contributed by atoms with Gasteiger partial charge in [0.2, 0.25) is 0 Å². The van der Waals surface area contributed by atoms with E-state index in [1.54, 1.807) is 0 Å². The molecule has 20 heavy (non-hydrogen) atoms. The molecule has 0 saturated heterocycles. The molecule has 2 rings (SSSR count). The fraction of sp³-hybridized carbons (Fsp3) is 0.0714. The van der Waals surface area contributed by atoms with Gasteiger partial charge in [-0.2, -0.15) is 15.3 Å². The van der Waals surface area contributed by atoms with Crippen LogP contribution in [0.25, 0.3) is 0 Å². The maximum absolute atomic E-state index is 4.96. The zero-order chi connectivity index (χ0) is 12.6. The van der Waals surface area contributed by atoms with Crippen LogP contribution >= 0.6 is 0 Å². The van der Waals surface area contributed by atoms with E-state index in [2.05, 4.69) is 20.8 Å². The first-order valence-electron chi connectivity index (χ1n) is 5.37. The van der Waals surface area contributed by atoms with Crippen LogP contribution in [0, 0.1) is 0 Å². The molecule has 0 fully saturated rings. The molecular weight excluding hydrogens is 457 g/mol. The van der Waals surface area contributed by atoms with Gasteiger partial charge in [0.15, 0.2) is 0 Å². The molecule has 0 bridgehead atoms. The topological polar surface area (TPSA) is 49.1 Å². The van der Waals surface area contributed by atoms with Crippen LogP contribution in [0.5, 0.6) is 0 Å². The molecule has 2 aromatic rings. The number of anilines is 1. The summed E-state index contributed by atoms with van der Waals surface area (Å²) < 4.78 is 0. The van der Waals surface area contributed by atoms with E-state index >= 15 is 0 Å². The molecule has 0 saturated carbocycles. The van der Waals surface area contributed by atoms with Crippen molar-refractivity contribution < 1.29 is 27.7 Å². The molecule has 2 aromatic carbocycles. The summed E-state index contributed by atoms with van der Waals surface area (Å²) in [5, 5.41) is 11.9. The first-order chi connectivity index (χ1) is 8.84. The second-order valence-corrected chi connectivity index (χ2v) is 3.77. The molecule has 99 valence electrons. The standard InChI is InChI=1S/C13H12N4S.CH4.Hg/c18-13(16-14-11-7-3-1-4-8-11)17-15-12-9-5-2-6-10-12;;/h1-10,14H,(H,16,18);1H4;/q;;+1/p-1. The second kappa shape index (κ2) is 10.5. The van der Waals surface area contributed by atoms with Crippen LogP contribution in [0.3, 0.4) is 0 Å². The van der Waals surface area contributed by atoms with Crippen LogP contribution in [-0.4, -0.2) is 5.17 Å². The Morgan fingerprint density at radius 2 is 1.45 bits per heavy atom. The normalized spacial score (nSPS) is 10.5. The van der Waals surface area contributed by atoms with Gasteiger partial charge in [-0.1, -0.05) is 43.8 Å². The SMILES string of the molecule is C.[Hg+].[S-]C(N=Nc1ccccc1)=NNc1ccccc1. The monoisotopic (exact) mass is 473 g/mol. The van der Waals surface area contributed by atoms with Crippen molar-refractivity contribution in [2.24, 2.45) is 15.3 Å². The van der Waals surface area contributed by atoms with E-state index in [1.807, 2.05) is 60.7 Å². The molecule has 1 radical (unpaired) electrons. The molecule has 0 amide bonds. The Bertz CT molecular complexity index is 544. The van der Waals surface area contributed by atoms with Crippen molar-refractivity contribution in [3.05, 3.63) is 60.7 Å². The summed E-state index contributed by atoms with van der Waals surface area (Å²) >= 11 is 4.96. The number of azo groups is 1. The molecule has 6 heteroatoms. The Kier molecular flexibility index (Phi) is 9.75. The Hall–Kier alpha value is -1.33. The third kappa shape index (κ3) is 6.72. The Labute approximate surface area is 145 Å². The maximum Gasteiger partial charge on any atom is 1.00 e. The van der Waals surface area contributed by atoms with Crippen LogP contribution in [0.4, 0.5) is 11.4 Å². The minimum Gasteiger partial charge on any atom is -0.737 e. The molecule has 0 spiro atoms. The number of hydrogen-bond acceptors (Lipinski definition) is 4. The summed E-state index contributed by atoms with van der Waals surface area (Å²) in [6.07, 6.45) is 0. The van der Waals surface area contributed by atoms with Crippen molar-refractivity contribution >= 4 is 29.2 Å². The van der Waals surface area contributed by atoms with Crippen molar-refractivity contribution in [2.75, 3.05) is 5.43 Å². The van der Waals surface area contributed by atoms with Gasteiger partial charge in [0, 0.05) is 0 Å². The van der Waals surface area contributed by atoms with Crippen LogP contribution in [0.15, 0.2) is 76.0 Å². The summed E-state index contributed by atoms with van der Waals surface area (Å²) in [6, 6.07) is 18.9. The molecule has 0 aliphatic carbocycles. The van der Waals surface area contributed by atoms with Crippen molar-refractivity contribution in [3.8, 4) is 0 Å². The van der Waals surface area contributed by atoms with Crippen LogP contribution in [0.2, 0.25) is 0 Å². The van der Waals surface area contributed by atoms with Gasteiger partial charge in [-0.05, 0) is 24.3 Å². The molecular formula is C14H15HgN4S. The minimum absolute atomic E-state index is 0. The summed E-state index contributed by atoms with van der Waals surface area (Å²) in [5.41, 5.74) is 4.41. The first kappa shape index (κ1) is 18.7. The average molecular weight is 472 g/mol. The van der Waals surface area contributed by atoms with E-state index in [4.69, 9.17) is 12.6 Å². The third-order valence-corrected chi connectivity index (χ3v) is 2.23. The Morgan fingerprint density at radius 1 is 0.900 bits per heavy atom. The summed E-state index contributed by atoms with van der Waals surface area (Å²) in [4.78, 5) is 0. The van der Waals surface area contributed by atoms with E-state index in [0.29, 0.717) is 0 Å². The van der Waals surface area contributed by atoms with Gasteiger partial charge < -0.3 is 12.6 Å². The van der Waals surface area contributed by atoms with Crippen molar-refractivity contribution in [3.63, 3.8) is 0 Å². The predicted octanol–water partition coefficient (Wildman–Crippen LogP) is 4.33. The fourth-order valence-electron chi connectivity index (χ4n) is 1.24. The van der Waals surface area contributed by atoms with E-state index in [1.165, 1.54) is 0 Å². The summed E-state index contributed by atoms with van der Waals surface area (Å²) in [7, 11) is 0.